The van der Waals surface area contributed by atoms with Crippen LogP contribution in [0.25, 0.3) is 0 Å². The molecule has 3 N–H and O–H groups in total. The number of rotatable bonds is 4. The van der Waals surface area contributed by atoms with E-state index in [9.17, 15) is 4.79 Å². The number of carbonyl (C=O) groups is 1. The van der Waals surface area contributed by atoms with Crippen LogP contribution in [0.4, 0.5) is 5.82 Å². The Morgan fingerprint density at radius 1 is 1.38 bits per heavy atom. The van der Waals surface area contributed by atoms with Gasteiger partial charge in [0, 0.05) is 41.8 Å². The van der Waals surface area contributed by atoms with Crippen LogP contribution < -0.4 is 16.0 Å². The van der Waals surface area contributed by atoms with Crippen LogP contribution in [0.15, 0.2) is 0 Å². The summed E-state index contributed by atoms with van der Waals surface area (Å²) in [5.74, 6) is 0.329. The Balaban J connectivity index is 1.73. The largest absolute Gasteiger partial charge is 0.379 e. The van der Waals surface area contributed by atoms with Crippen molar-refractivity contribution in [2.45, 2.75) is 46.2 Å². The number of nitrogens with two attached hydrogens (primary N) is 1. The lowest BCUT2D eigenvalue weighted by molar-refractivity contribution is 0.0990. The van der Waals surface area contributed by atoms with Gasteiger partial charge in [-0.25, -0.2) is 9.97 Å². The molecule has 132 valence electrons. The van der Waals surface area contributed by atoms with E-state index in [1.807, 2.05) is 13.8 Å². The fraction of sp³-hybridized carbons (Fsp3) is 0.706. The molecule has 1 amide bonds. The van der Waals surface area contributed by atoms with Gasteiger partial charge in [0.2, 0.25) is 5.82 Å². The second-order valence-corrected chi connectivity index (χ2v) is 7.60. The van der Waals surface area contributed by atoms with Crippen molar-refractivity contribution in [3.63, 3.8) is 0 Å². The number of amides is 1. The molecule has 0 radical (unpaired) electrons. The van der Waals surface area contributed by atoms with Crippen molar-refractivity contribution in [3.05, 3.63) is 17.1 Å². The second-order valence-electron chi connectivity index (χ2n) is 7.60. The summed E-state index contributed by atoms with van der Waals surface area (Å²) >= 11 is 0. The van der Waals surface area contributed by atoms with Crippen LogP contribution in [0.3, 0.4) is 0 Å². The number of aryl methyl sites for hydroxylation is 1. The lowest BCUT2D eigenvalue weighted by Gasteiger charge is -2.29. The average molecular weight is 333 g/mol. The van der Waals surface area contributed by atoms with Gasteiger partial charge in [0.1, 0.15) is 5.82 Å². The Hall–Kier alpha value is -1.73. The molecule has 2 aliphatic heterocycles. The number of hydrogen-bond acceptors (Lipinski definition) is 6. The van der Waals surface area contributed by atoms with Crippen LogP contribution in [0.1, 0.15) is 42.1 Å². The maximum absolute atomic E-state index is 11.5. The van der Waals surface area contributed by atoms with Crippen molar-refractivity contribution >= 4 is 11.7 Å². The first-order valence-corrected chi connectivity index (χ1v) is 8.51. The molecule has 7 heteroatoms. The monoisotopic (exact) mass is 333 g/mol. The number of ether oxygens (including phenoxy) is 1. The van der Waals surface area contributed by atoms with Crippen molar-refractivity contribution in [2.75, 3.05) is 31.2 Å². The van der Waals surface area contributed by atoms with E-state index in [1.165, 1.54) is 0 Å². The summed E-state index contributed by atoms with van der Waals surface area (Å²) in [5, 5.41) is 3.74. The number of nitrogens with zero attached hydrogens (tertiary/aromatic N) is 3. The Morgan fingerprint density at radius 2 is 2.12 bits per heavy atom. The first-order valence-electron chi connectivity index (χ1n) is 8.51. The van der Waals surface area contributed by atoms with Gasteiger partial charge in [-0.05, 0) is 20.3 Å². The van der Waals surface area contributed by atoms with Gasteiger partial charge in [-0.1, -0.05) is 13.8 Å². The molecule has 24 heavy (non-hydrogen) atoms. The zero-order chi connectivity index (χ0) is 17.5. The topological polar surface area (TPSA) is 93.4 Å². The van der Waals surface area contributed by atoms with Gasteiger partial charge in [0.05, 0.1) is 13.2 Å². The van der Waals surface area contributed by atoms with Crippen molar-refractivity contribution in [1.29, 1.82) is 0 Å². The van der Waals surface area contributed by atoms with E-state index in [-0.39, 0.29) is 11.2 Å². The minimum atomic E-state index is -0.585. The van der Waals surface area contributed by atoms with E-state index in [1.54, 1.807) is 0 Å². The molecule has 1 aromatic rings. The van der Waals surface area contributed by atoms with E-state index in [4.69, 9.17) is 10.5 Å². The van der Waals surface area contributed by atoms with Gasteiger partial charge in [0.15, 0.2) is 0 Å². The van der Waals surface area contributed by atoms with E-state index >= 15 is 0 Å². The summed E-state index contributed by atoms with van der Waals surface area (Å²) in [4.78, 5) is 22.2. The number of carbonyl (C=O) groups excluding carboxylic acids is 1. The molecule has 0 bridgehead atoms. The van der Waals surface area contributed by atoms with E-state index in [2.05, 4.69) is 34.0 Å². The molecule has 0 aromatic carbocycles. The molecular formula is C17H27N5O2. The SMILES string of the molecule is Cc1nc(C(N)=O)nc(N2CC[C@@H](NC3COCC3(C)C)C2)c1C. The molecule has 3 rings (SSSR count). The molecule has 1 unspecified atom stereocenters. The summed E-state index contributed by atoms with van der Waals surface area (Å²) in [7, 11) is 0. The molecule has 2 saturated heterocycles. The smallest absolute Gasteiger partial charge is 0.286 e. The molecule has 0 saturated carbocycles. The molecule has 2 aliphatic rings. The summed E-state index contributed by atoms with van der Waals surface area (Å²) in [6.07, 6.45) is 1.04. The van der Waals surface area contributed by atoms with Crippen LogP contribution in [-0.2, 0) is 4.74 Å². The molecule has 0 aliphatic carbocycles. The number of anilines is 1. The maximum atomic E-state index is 11.5. The molecule has 3 heterocycles. The minimum absolute atomic E-state index is 0.0924. The predicted molar refractivity (Wildman–Crippen MR) is 92.2 cm³/mol. The highest BCUT2D eigenvalue weighted by molar-refractivity contribution is 5.89. The normalized spacial score (nSPS) is 26.1. The summed E-state index contributed by atoms with van der Waals surface area (Å²) < 4.78 is 5.62. The van der Waals surface area contributed by atoms with Crippen LogP contribution >= 0.6 is 0 Å². The molecule has 2 atom stereocenters. The number of primary amides is 1. The average Bonchev–Trinajstić information content (AvgIpc) is 3.09. The van der Waals surface area contributed by atoms with E-state index in [0.29, 0.717) is 12.1 Å². The Kier molecular flexibility index (Phi) is 4.48. The highest BCUT2D eigenvalue weighted by Gasteiger charge is 2.38. The van der Waals surface area contributed by atoms with Crippen molar-refractivity contribution in [1.82, 2.24) is 15.3 Å². The van der Waals surface area contributed by atoms with Crippen molar-refractivity contribution in [2.24, 2.45) is 11.1 Å². The van der Waals surface area contributed by atoms with Gasteiger partial charge < -0.3 is 20.7 Å². The van der Waals surface area contributed by atoms with Crippen LogP contribution in [0, 0.1) is 19.3 Å². The van der Waals surface area contributed by atoms with Crippen LogP contribution in [-0.4, -0.2) is 54.3 Å². The standard InChI is InChI=1S/C17H27N5O2/c1-10-11(2)19-15(14(18)23)21-16(10)22-6-5-12(7-22)20-13-8-24-9-17(13,3)4/h12-13,20H,5-9H2,1-4H3,(H2,18,23)/t12-,13?/m1/s1. The van der Waals surface area contributed by atoms with Crippen LogP contribution in [0.2, 0.25) is 0 Å². The van der Waals surface area contributed by atoms with Crippen molar-refractivity contribution < 1.29 is 9.53 Å². The van der Waals surface area contributed by atoms with Crippen LogP contribution in [0.5, 0.6) is 0 Å². The predicted octanol–water partition coefficient (Wildman–Crippen LogP) is 0.786. The third-order valence-corrected chi connectivity index (χ3v) is 5.21. The minimum Gasteiger partial charge on any atom is -0.379 e. The maximum Gasteiger partial charge on any atom is 0.286 e. The van der Waals surface area contributed by atoms with Gasteiger partial charge in [-0.15, -0.1) is 0 Å². The lowest BCUT2D eigenvalue weighted by atomic mass is 9.87. The molecule has 2 fully saturated rings. The molecule has 0 spiro atoms. The van der Waals surface area contributed by atoms with E-state index in [0.717, 1.165) is 49.8 Å². The highest BCUT2D eigenvalue weighted by atomic mass is 16.5. The summed E-state index contributed by atoms with van der Waals surface area (Å²) in [6.45, 7) is 11.7. The Morgan fingerprint density at radius 3 is 2.75 bits per heavy atom. The first-order chi connectivity index (χ1) is 11.3. The molecule has 1 aromatic heterocycles. The van der Waals surface area contributed by atoms with Crippen molar-refractivity contribution in [3.8, 4) is 0 Å². The third kappa shape index (κ3) is 3.23. The lowest BCUT2D eigenvalue weighted by Crippen LogP contribution is -2.47. The van der Waals surface area contributed by atoms with Gasteiger partial charge in [-0.2, -0.15) is 0 Å². The molecular weight excluding hydrogens is 306 g/mol. The zero-order valence-electron chi connectivity index (χ0n) is 14.9. The fourth-order valence-corrected chi connectivity index (χ4v) is 3.44. The third-order valence-electron chi connectivity index (χ3n) is 5.21. The summed E-state index contributed by atoms with van der Waals surface area (Å²) in [5.41, 5.74) is 7.32. The second kappa shape index (κ2) is 6.29. The Labute approximate surface area is 143 Å². The summed E-state index contributed by atoms with van der Waals surface area (Å²) in [6, 6.07) is 0.763. The Bertz CT molecular complexity index is 646. The molecule has 7 nitrogen and oxygen atoms in total. The highest BCUT2D eigenvalue weighted by Crippen LogP contribution is 2.29. The van der Waals surface area contributed by atoms with E-state index < -0.39 is 5.91 Å². The quantitative estimate of drug-likeness (QED) is 0.846. The van der Waals surface area contributed by atoms with Gasteiger partial charge in [0.25, 0.3) is 5.91 Å². The first kappa shape index (κ1) is 17.1. The van der Waals surface area contributed by atoms with Gasteiger partial charge in [-0.3, -0.25) is 4.79 Å². The number of aromatic nitrogens is 2. The zero-order valence-corrected chi connectivity index (χ0v) is 14.9. The fourth-order valence-electron chi connectivity index (χ4n) is 3.44. The number of nitrogens with one attached hydrogen (secondary N) is 1. The number of hydrogen-bond donors (Lipinski definition) is 2. The van der Waals surface area contributed by atoms with Gasteiger partial charge >= 0.3 is 0 Å².